The predicted octanol–water partition coefficient (Wildman–Crippen LogP) is 0.678. The number of methoxy groups -OCH3 is 1. The van der Waals surface area contributed by atoms with Gasteiger partial charge in [0.15, 0.2) is 0 Å². The third-order valence-electron chi connectivity index (χ3n) is 2.15. The number of carboxylic acid groups (broad SMARTS) is 1. The Bertz CT molecular complexity index is 564. The second kappa shape index (κ2) is 4.20. The lowest BCUT2D eigenvalue weighted by Gasteiger charge is -2.06. The van der Waals surface area contributed by atoms with Crippen molar-refractivity contribution in [3.05, 3.63) is 29.6 Å². The first-order chi connectivity index (χ1) is 8.11. The predicted molar refractivity (Wildman–Crippen MR) is 57.4 cm³/mol. The highest BCUT2D eigenvalue weighted by Gasteiger charge is 2.14. The highest BCUT2D eigenvalue weighted by molar-refractivity contribution is 5.82. The van der Waals surface area contributed by atoms with Crippen LogP contribution >= 0.6 is 0 Å². The van der Waals surface area contributed by atoms with Crippen molar-refractivity contribution in [3.63, 3.8) is 0 Å². The molecule has 1 N–H and O–H groups in total. The summed E-state index contributed by atoms with van der Waals surface area (Å²) in [5.74, 6) is -1.03. The molecule has 7 heteroatoms. The van der Waals surface area contributed by atoms with Gasteiger partial charge in [-0.25, -0.2) is 4.79 Å². The van der Waals surface area contributed by atoms with Crippen LogP contribution in [0.3, 0.4) is 0 Å². The number of nitrogens with zero attached hydrogens (tertiary/aromatic N) is 4. The monoisotopic (exact) mass is 234 g/mol. The minimum atomic E-state index is -1.22. The quantitative estimate of drug-likeness (QED) is 0.839. The van der Waals surface area contributed by atoms with Crippen molar-refractivity contribution in [1.29, 1.82) is 0 Å². The minimum Gasteiger partial charge on any atom is -0.494 e. The number of aromatic carboxylic acids is 1. The number of hydrogen-bond donors (Lipinski definition) is 1. The topological polar surface area (TPSA) is 90.1 Å². The molecule has 0 atom stereocenters. The highest BCUT2D eigenvalue weighted by atomic mass is 16.5. The summed E-state index contributed by atoms with van der Waals surface area (Å²) in [6.07, 6.45) is 0. The van der Waals surface area contributed by atoms with Crippen LogP contribution < -0.4 is 4.74 Å². The standard InChI is InChI=1S/C10H10N4O3/c1-6-3-4-8(17-2)7(5-6)14-12-9(10(15)16)11-13-14/h3-5H,1-2H3,(H,15,16). The van der Waals surface area contributed by atoms with Crippen molar-refractivity contribution in [2.24, 2.45) is 0 Å². The second-order valence-electron chi connectivity index (χ2n) is 3.38. The maximum atomic E-state index is 10.7. The van der Waals surface area contributed by atoms with E-state index in [9.17, 15) is 4.79 Å². The van der Waals surface area contributed by atoms with Gasteiger partial charge >= 0.3 is 5.97 Å². The number of carbonyl (C=O) groups is 1. The summed E-state index contributed by atoms with van der Waals surface area (Å²) < 4.78 is 5.15. The molecule has 17 heavy (non-hydrogen) atoms. The Morgan fingerprint density at radius 3 is 2.82 bits per heavy atom. The number of carboxylic acids is 1. The van der Waals surface area contributed by atoms with E-state index in [4.69, 9.17) is 9.84 Å². The van der Waals surface area contributed by atoms with E-state index < -0.39 is 5.97 Å². The molecule has 0 bridgehead atoms. The first-order valence-corrected chi connectivity index (χ1v) is 4.80. The second-order valence-corrected chi connectivity index (χ2v) is 3.38. The molecule has 0 aliphatic rings. The number of rotatable bonds is 3. The molecule has 0 saturated heterocycles. The van der Waals surface area contributed by atoms with Crippen molar-refractivity contribution in [2.75, 3.05) is 7.11 Å². The van der Waals surface area contributed by atoms with Gasteiger partial charge in [0.1, 0.15) is 11.4 Å². The Kier molecular flexibility index (Phi) is 2.73. The summed E-state index contributed by atoms with van der Waals surface area (Å²) in [5, 5.41) is 19.6. The van der Waals surface area contributed by atoms with Gasteiger partial charge in [0, 0.05) is 0 Å². The van der Waals surface area contributed by atoms with Crippen LogP contribution in [0.4, 0.5) is 0 Å². The average Bonchev–Trinajstić information content (AvgIpc) is 2.78. The molecule has 0 aliphatic carbocycles. The smallest absolute Gasteiger partial charge is 0.377 e. The molecular formula is C10H10N4O3. The largest absolute Gasteiger partial charge is 0.494 e. The van der Waals surface area contributed by atoms with Gasteiger partial charge in [-0.1, -0.05) is 6.07 Å². The Hall–Kier alpha value is -2.44. The average molecular weight is 234 g/mol. The number of tetrazole rings is 1. The fraction of sp³-hybridized carbons (Fsp3) is 0.200. The van der Waals surface area contributed by atoms with Gasteiger partial charge in [-0.05, 0) is 29.8 Å². The van der Waals surface area contributed by atoms with Gasteiger partial charge in [0.05, 0.1) is 7.11 Å². The van der Waals surface area contributed by atoms with Crippen LogP contribution in [0.5, 0.6) is 5.75 Å². The molecule has 0 fully saturated rings. The van der Waals surface area contributed by atoms with Crippen molar-refractivity contribution < 1.29 is 14.6 Å². The van der Waals surface area contributed by atoms with E-state index >= 15 is 0 Å². The van der Waals surface area contributed by atoms with Gasteiger partial charge in [-0.2, -0.15) is 0 Å². The molecule has 1 aromatic carbocycles. The maximum Gasteiger partial charge on any atom is 0.377 e. The normalized spacial score (nSPS) is 10.2. The molecule has 1 aromatic heterocycles. The van der Waals surface area contributed by atoms with Crippen LogP contribution in [-0.2, 0) is 0 Å². The van der Waals surface area contributed by atoms with E-state index in [1.165, 1.54) is 7.11 Å². The zero-order chi connectivity index (χ0) is 12.4. The summed E-state index contributed by atoms with van der Waals surface area (Å²) >= 11 is 0. The first kappa shape index (κ1) is 11.1. The lowest BCUT2D eigenvalue weighted by molar-refractivity contribution is 0.0683. The highest BCUT2D eigenvalue weighted by Crippen LogP contribution is 2.22. The van der Waals surface area contributed by atoms with Gasteiger partial charge in [-0.15, -0.1) is 15.0 Å². The molecule has 88 valence electrons. The Balaban J connectivity index is 2.51. The van der Waals surface area contributed by atoms with Crippen LogP contribution in [-0.4, -0.2) is 38.4 Å². The zero-order valence-corrected chi connectivity index (χ0v) is 9.28. The fourth-order valence-electron chi connectivity index (χ4n) is 1.36. The molecule has 0 saturated carbocycles. The molecule has 0 amide bonds. The number of ether oxygens (including phenoxy) is 1. The molecule has 0 spiro atoms. The third-order valence-corrected chi connectivity index (χ3v) is 2.15. The lowest BCUT2D eigenvalue weighted by atomic mass is 10.2. The Labute approximate surface area is 96.6 Å². The third kappa shape index (κ3) is 2.07. The van der Waals surface area contributed by atoms with Crippen LogP contribution in [0.15, 0.2) is 18.2 Å². The van der Waals surface area contributed by atoms with E-state index in [0.717, 1.165) is 10.4 Å². The maximum absolute atomic E-state index is 10.7. The summed E-state index contributed by atoms with van der Waals surface area (Å²) in [4.78, 5) is 11.8. The SMILES string of the molecule is COc1ccc(C)cc1-n1nnc(C(=O)O)n1. The van der Waals surface area contributed by atoms with Crippen molar-refractivity contribution in [1.82, 2.24) is 20.2 Å². The van der Waals surface area contributed by atoms with Crippen LogP contribution in [0.25, 0.3) is 5.69 Å². The van der Waals surface area contributed by atoms with Crippen molar-refractivity contribution >= 4 is 5.97 Å². The number of benzene rings is 1. The number of hydrogen-bond acceptors (Lipinski definition) is 5. The fourth-order valence-corrected chi connectivity index (χ4v) is 1.36. The van der Waals surface area contributed by atoms with Gasteiger partial charge in [-0.3, -0.25) is 0 Å². The summed E-state index contributed by atoms with van der Waals surface area (Å²) in [5.41, 5.74) is 1.53. The van der Waals surface area contributed by atoms with Crippen molar-refractivity contribution in [2.45, 2.75) is 6.92 Å². The van der Waals surface area contributed by atoms with E-state index in [0.29, 0.717) is 11.4 Å². The molecule has 7 nitrogen and oxygen atoms in total. The van der Waals surface area contributed by atoms with E-state index in [2.05, 4.69) is 15.4 Å². The molecule has 2 rings (SSSR count). The molecular weight excluding hydrogens is 224 g/mol. The number of aromatic nitrogens is 4. The zero-order valence-electron chi connectivity index (χ0n) is 9.28. The molecule has 1 heterocycles. The van der Waals surface area contributed by atoms with Gasteiger partial charge in [0.25, 0.3) is 5.82 Å². The van der Waals surface area contributed by atoms with Crippen molar-refractivity contribution in [3.8, 4) is 11.4 Å². The molecule has 0 unspecified atom stereocenters. The first-order valence-electron chi connectivity index (χ1n) is 4.80. The van der Waals surface area contributed by atoms with E-state index in [1.807, 2.05) is 13.0 Å². The lowest BCUT2D eigenvalue weighted by Crippen LogP contribution is -2.04. The van der Waals surface area contributed by atoms with E-state index in [-0.39, 0.29) is 5.82 Å². The summed E-state index contributed by atoms with van der Waals surface area (Å²) in [7, 11) is 1.52. The van der Waals surface area contributed by atoms with Crippen LogP contribution in [0.2, 0.25) is 0 Å². The molecule has 0 aliphatic heterocycles. The Morgan fingerprint density at radius 2 is 2.24 bits per heavy atom. The molecule has 0 radical (unpaired) electrons. The minimum absolute atomic E-state index is 0.353. The summed E-state index contributed by atoms with van der Waals surface area (Å²) in [6.45, 7) is 1.90. The van der Waals surface area contributed by atoms with E-state index in [1.54, 1.807) is 12.1 Å². The van der Waals surface area contributed by atoms with Crippen LogP contribution in [0.1, 0.15) is 16.2 Å². The van der Waals surface area contributed by atoms with Crippen LogP contribution in [0, 0.1) is 6.92 Å². The van der Waals surface area contributed by atoms with Gasteiger partial charge < -0.3 is 9.84 Å². The van der Waals surface area contributed by atoms with Gasteiger partial charge in [0.2, 0.25) is 0 Å². The molecule has 2 aromatic rings. The Morgan fingerprint density at radius 1 is 1.47 bits per heavy atom. The number of aryl methyl sites for hydroxylation is 1. The summed E-state index contributed by atoms with van der Waals surface area (Å²) in [6, 6.07) is 5.41.